The predicted molar refractivity (Wildman–Crippen MR) is 77.4 cm³/mol. The van der Waals surface area contributed by atoms with Gasteiger partial charge in [-0.2, -0.15) is 18.3 Å². The fourth-order valence-electron chi connectivity index (χ4n) is 1.76. The van der Waals surface area contributed by atoms with E-state index in [0.29, 0.717) is 11.6 Å². The van der Waals surface area contributed by atoms with Crippen LogP contribution in [0.25, 0.3) is 0 Å². The second kappa shape index (κ2) is 6.34. The molecule has 0 aliphatic carbocycles. The number of nitrogens with one attached hydrogen (secondary N) is 1. The van der Waals surface area contributed by atoms with E-state index in [1.54, 1.807) is 12.1 Å². The summed E-state index contributed by atoms with van der Waals surface area (Å²) in [6.07, 6.45) is -3.56. The lowest BCUT2D eigenvalue weighted by Crippen LogP contribution is -2.09. The van der Waals surface area contributed by atoms with Crippen molar-refractivity contribution in [2.75, 3.05) is 5.43 Å². The van der Waals surface area contributed by atoms with Crippen molar-refractivity contribution >= 4 is 17.6 Å². The smallest absolute Gasteiger partial charge is 0.418 e. The Morgan fingerprint density at radius 3 is 2.57 bits per heavy atom. The van der Waals surface area contributed by atoms with Crippen LogP contribution < -0.4 is 5.43 Å². The van der Waals surface area contributed by atoms with E-state index in [2.05, 4.69) is 10.5 Å². The summed E-state index contributed by atoms with van der Waals surface area (Å²) in [7, 11) is 0. The Balaban J connectivity index is 2.27. The average molecular weight is 325 g/mol. The van der Waals surface area contributed by atoms with Crippen LogP contribution in [0.4, 0.5) is 24.5 Å². The molecule has 2 rings (SSSR count). The lowest BCUT2D eigenvalue weighted by molar-refractivity contribution is -0.385. The molecule has 0 unspecified atom stereocenters. The first-order chi connectivity index (χ1) is 10.8. The number of nitro benzene ring substituents is 1. The summed E-state index contributed by atoms with van der Waals surface area (Å²) in [6, 6.07) is 8.25. The Kier molecular flexibility index (Phi) is 4.49. The summed E-state index contributed by atoms with van der Waals surface area (Å²) < 4.78 is 38.8. The molecule has 9 heteroatoms. The lowest BCUT2D eigenvalue weighted by atomic mass is 10.1. The Morgan fingerprint density at radius 1 is 1.22 bits per heavy atom. The van der Waals surface area contributed by atoms with E-state index in [9.17, 15) is 28.4 Å². The Bertz CT molecular complexity index is 760. The van der Waals surface area contributed by atoms with Gasteiger partial charge in [-0.15, -0.1) is 0 Å². The minimum Gasteiger partial charge on any atom is -0.508 e. The van der Waals surface area contributed by atoms with Crippen LogP contribution in [0, 0.1) is 10.1 Å². The number of non-ortho nitro benzene ring substituents is 1. The molecule has 2 N–H and O–H groups in total. The molecule has 2 aromatic rings. The van der Waals surface area contributed by atoms with Crippen LogP contribution in [0.3, 0.4) is 0 Å². The van der Waals surface area contributed by atoms with Gasteiger partial charge in [0.2, 0.25) is 0 Å². The van der Waals surface area contributed by atoms with Crippen LogP contribution >= 0.6 is 0 Å². The number of nitrogens with zero attached hydrogens (tertiary/aromatic N) is 2. The summed E-state index contributed by atoms with van der Waals surface area (Å²) in [5.41, 5.74) is 0.386. The third-order valence-electron chi connectivity index (χ3n) is 2.79. The van der Waals surface area contributed by atoms with Crippen LogP contribution in [-0.2, 0) is 6.18 Å². The maximum Gasteiger partial charge on any atom is 0.418 e. The Labute approximate surface area is 128 Å². The van der Waals surface area contributed by atoms with Gasteiger partial charge in [0.25, 0.3) is 5.69 Å². The molecule has 0 saturated carbocycles. The van der Waals surface area contributed by atoms with Crippen LogP contribution in [0.15, 0.2) is 47.6 Å². The van der Waals surface area contributed by atoms with Crippen molar-refractivity contribution < 1.29 is 23.2 Å². The van der Waals surface area contributed by atoms with Crippen LogP contribution in [0.1, 0.15) is 11.1 Å². The lowest BCUT2D eigenvalue weighted by Gasteiger charge is -2.11. The van der Waals surface area contributed by atoms with Crippen molar-refractivity contribution in [3.63, 3.8) is 0 Å². The van der Waals surface area contributed by atoms with Gasteiger partial charge in [-0.1, -0.05) is 12.1 Å². The summed E-state index contributed by atoms with van der Waals surface area (Å²) in [6.45, 7) is 0. The molecular formula is C14H10F3N3O3. The van der Waals surface area contributed by atoms with Crippen molar-refractivity contribution in [1.82, 2.24) is 0 Å². The first kappa shape index (κ1) is 16.3. The molecule has 0 spiro atoms. The molecule has 2 aromatic carbocycles. The highest BCUT2D eigenvalue weighted by molar-refractivity contribution is 5.80. The number of phenols is 1. The zero-order valence-corrected chi connectivity index (χ0v) is 11.4. The molecule has 23 heavy (non-hydrogen) atoms. The molecule has 0 bridgehead atoms. The van der Waals surface area contributed by atoms with Gasteiger partial charge in [-0.25, -0.2) is 0 Å². The number of rotatable bonds is 4. The van der Waals surface area contributed by atoms with Crippen LogP contribution in [0.5, 0.6) is 5.75 Å². The molecular weight excluding hydrogens is 315 g/mol. The zero-order chi connectivity index (χ0) is 17.0. The number of phenolic OH excluding ortho intramolecular Hbond substituents is 1. The third kappa shape index (κ3) is 4.19. The number of hydrogen-bond donors (Lipinski definition) is 2. The van der Waals surface area contributed by atoms with Crippen LogP contribution in [0.2, 0.25) is 0 Å². The minimum absolute atomic E-state index is 0.0136. The highest BCUT2D eigenvalue weighted by Gasteiger charge is 2.35. The van der Waals surface area contributed by atoms with E-state index >= 15 is 0 Å². The van der Waals surface area contributed by atoms with Gasteiger partial charge in [-0.05, 0) is 23.8 Å². The van der Waals surface area contributed by atoms with E-state index in [1.807, 2.05) is 0 Å². The average Bonchev–Trinajstić information content (AvgIpc) is 2.46. The van der Waals surface area contributed by atoms with E-state index < -0.39 is 28.0 Å². The number of benzene rings is 2. The number of nitro groups is 1. The van der Waals surface area contributed by atoms with Gasteiger partial charge in [-0.3, -0.25) is 15.5 Å². The number of anilines is 1. The number of hydrazone groups is 1. The molecule has 0 heterocycles. The molecule has 0 amide bonds. The topological polar surface area (TPSA) is 87.8 Å². The van der Waals surface area contributed by atoms with Crippen molar-refractivity contribution in [2.24, 2.45) is 5.10 Å². The fourth-order valence-corrected chi connectivity index (χ4v) is 1.76. The monoisotopic (exact) mass is 325 g/mol. The van der Waals surface area contributed by atoms with Crippen LogP contribution in [-0.4, -0.2) is 16.2 Å². The summed E-state index contributed by atoms with van der Waals surface area (Å²) in [4.78, 5) is 9.68. The number of aromatic hydroxyl groups is 1. The minimum atomic E-state index is -4.77. The maximum absolute atomic E-state index is 12.9. The molecule has 0 aromatic heterocycles. The van der Waals surface area contributed by atoms with Gasteiger partial charge < -0.3 is 5.11 Å². The number of halogens is 3. The summed E-state index contributed by atoms with van der Waals surface area (Å²) in [5, 5.41) is 23.5. The Hall–Kier alpha value is -3.10. The van der Waals surface area contributed by atoms with Gasteiger partial charge in [0.05, 0.1) is 22.4 Å². The zero-order valence-electron chi connectivity index (χ0n) is 11.4. The predicted octanol–water partition coefficient (Wildman–Crippen LogP) is 3.77. The van der Waals surface area contributed by atoms with Crippen molar-refractivity contribution in [3.8, 4) is 5.75 Å². The Morgan fingerprint density at radius 2 is 1.96 bits per heavy atom. The van der Waals surface area contributed by atoms with Crippen molar-refractivity contribution in [1.29, 1.82) is 0 Å². The second-order valence-corrected chi connectivity index (χ2v) is 4.45. The highest BCUT2D eigenvalue weighted by Crippen LogP contribution is 2.37. The quantitative estimate of drug-likeness (QED) is 0.509. The molecule has 6 nitrogen and oxygen atoms in total. The molecule has 0 fully saturated rings. The normalized spacial score (nSPS) is 11.6. The van der Waals surface area contributed by atoms with Gasteiger partial charge in [0.15, 0.2) is 0 Å². The molecule has 0 atom stereocenters. The highest BCUT2D eigenvalue weighted by atomic mass is 19.4. The number of hydrogen-bond acceptors (Lipinski definition) is 5. The maximum atomic E-state index is 12.9. The van der Waals surface area contributed by atoms with Gasteiger partial charge in [0, 0.05) is 12.1 Å². The first-order valence-corrected chi connectivity index (χ1v) is 6.21. The standard InChI is InChI=1S/C14H10F3N3O3/c15-14(16,17)12-7-10(20(22)23)4-5-13(12)19-18-8-9-2-1-3-11(21)6-9/h1-8,19,21H/b18-8-. The van der Waals surface area contributed by atoms with E-state index in [4.69, 9.17) is 0 Å². The number of alkyl halides is 3. The third-order valence-corrected chi connectivity index (χ3v) is 2.79. The second-order valence-electron chi connectivity index (χ2n) is 4.45. The fraction of sp³-hybridized carbons (Fsp3) is 0.0714. The molecule has 0 aliphatic heterocycles. The van der Waals surface area contributed by atoms with Gasteiger partial charge >= 0.3 is 6.18 Å². The summed E-state index contributed by atoms with van der Waals surface area (Å²) in [5.74, 6) is -0.0136. The van der Waals surface area contributed by atoms with E-state index in [0.717, 1.165) is 12.1 Å². The summed E-state index contributed by atoms with van der Waals surface area (Å²) >= 11 is 0. The molecule has 120 valence electrons. The molecule has 0 aliphatic rings. The largest absolute Gasteiger partial charge is 0.508 e. The van der Waals surface area contributed by atoms with E-state index in [1.165, 1.54) is 18.3 Å². The molecule has 0 radical (unpaired) electrons. The van der Waals surface area contributed by atoms with E-state index in [-0.39, 0.29) is 5.75 Å². The first-order valence-electron chi connectivity index (χ1n) is 6.21. The molecule has 0 saturated heterocycles. The van der Waals surface area contributed by atoms with Crippen molar-refractivity contribution in [2.45, 2.75) is 6.18 Å². The van der Waals surface area contributed by atoms with Crippen molar-refractivity contribution in [3.05, 3.63) is 63.7 Å². The SMILES string of the molecule is O=[N+]([O-])c1ccc(N/N=C\c2cccc(O)c2)c(C(F)(F)F)c1. The van der Waals surface area contributed by atoms with Gasteiger partial charge in [0.1, 0.15) is 5.75 Å².